The summed E-state index contributed by atoms with van der Waals surface area (Å²) < 4.78 is 31.4. The fourth-order valence-electron chi connectivity index (χ4n) is 10.8. The number of Topliss-reactive ketones (excluding diaryl/α,β-unsaturated/α-hetero) is 3. The van der Waals surface area contributed by atoms with Crippen LogP contribution in [0, 0.1) is 40.7 Å². The number of carbonyl (C=O) groups is 9. The zero-order valence-corrected chi connectivity index (χ0v) is 47.1. The highest BCUT2D eigenvalue weighted by molar-refractivity contribution is 6.12. The number of rotatable bonds is 33. The Kier molecular flexibility index (Phi) is 24.1. The number of aliphatic carboxylic acids is 1. The van der Waals surface area contributed by atoms with Crippen LogP contribution >= 0.6 is 0 Å². The number of aliphatic hydroxyl groups excluding tert-OH is 1. The first-order chi connectivity index (χ1) is 37.9. The highest BCUT2D eigenvalue weighted by atomic mass is 19.1. The van der Waals surface area contributed by atoms with Crippen molar-refractivity contribution in [3.05, 3.63) is 89.9 Å². The predicted molar refractivity (Wildman–Crippen MR) is 295 cm³/mol. The van der Waals surface area contributed by atoms with Crippen molar-refractivity contribution in [1.82, 2.24) is 30.0 Å². The molecule has 2 heterocycles. The number of nitrogens with two attached hydrogens (primary N) is 1. The van der Waals surface area contributed by atoms with E-state index in [1.807, 2.05) is 51.1 Å². The van der Waals surface area contributed by atoms with E-state index < -0.39 is 77.4 Å². The van der Waals surface area contributed by atoms with E-state index in [1.165, 1.54) is 24.0 Å². The van der Waals surface area contributed by atoms with E-state index in [1.54, 1.807) is 24.6 Å². The summed E-state index contributed by atoms with van der Waals surface area (Å²) in [5, 5.41) is 25.3. The number of aromatic nitrogens is 2. The number of amides is 5. The highest BCUT2D eigenvalue weighted by Gasteiger charge is 2.40. The number of halogens is 2. The minimum Gasteiger partial charge on any atom is -0.480 e. The molecular formula is C60H81F2N7O11. The van der Waals surface area contributed by atoms with E-state index in [0.717, 1.165) is 35.1 Å². The van der Waals surface area contributed by atoms with Gasteiger partial charge in [-0.05, 0) is 92.9 Å². The van der Waals surface area contributed by atoms with E-state index in [0.29, 0.717) is 57.2 Å². The number of unbranched alkanes of at least 4 members (excludes halogenated alkanes) is 4. The molecule has 1 saturated carbocycles. The summed E-state index contributed by atoms with van der Waals surface area (Å²) in [6.07, 6.45) is 9.59. The Hall–Kier alpha value is -6.80. The summed E-state index contributed by atoms with van der Waals surface area (Å²) in [5.74, 6) is -6.78. The highest BCUT2D eigenvalue weighted by Crippen LogP contribution is 2.40. The smallest absolute Gasteiger partial charge is 0.326 e. The first kappa shape index (κ1) is 64.0. The zero-order valence-electron chi connectivity index (χ0n) is 47.1. The van der Waals surface area contributed by atoms with Gasteiger partial charge in [-0.3, -0.25) is 43.3 Å². The third kappa shape index (κ3) is 18.4. The second-order valence-electron chi connectivity index (χ2n) is 22.9. The molecule has 1 fully saturated rings. The van der Waals surface area contributed by atoms with Crippen LogP contribution in [0.15, 0.2) is 66.9 Å². The molecule has 5 rings (SSSR count). The Bertz CT molecular complexity index is 2690. The van der Waals surface area contributed by atoms with E-state index in [-0.39, 0.29) is 116 Å². The number of nitrogens with zero attached hydrogens (tertiary/aromatic N) is 4. The van der Waals surface area contributed by atoms with Gasteiger partial charge in [0.05, 0.1) is 17.8 Å². The molecular weight excluding hydrogens is 1030 g/mol. The summed E-state index contributed by atoms with van der Waals surface area (Å²) >= 11 is 0. The number of nitrogens with one attached hydrogen (secondary N) is 2. The monoisotopic (exact) mass is 1110 g/mol. The van der Waals surface area contributed by atoms with E-state index in [9.17, 15) is 57.8 Å². The molecule has 0 unspecified atom stereocenters. The number of aliphatic hydroxyl groups is 1. The van der Waals surface area contributed by atoms with Gasteiger partial charge in [0.25, 0.3) is 11.8 Å². The molecule has 18 nitrogen and oxygen atoms in total. The summed E-state index contributed by atoms with van der Waals surface area (Å²) in [6, 6.07) is 8.30. The van der Waals surface area contributed by atoms with Crippen molar-refractivity contribution in [3.8, 4) is 11.3 Å². The Morgan fingerprint density at radius 2 is 1.52 bits per heavy atom. The molecule has 80 heavy (non-hydrogen) atoms. The zero-order chi connectivity index (χ0) is 58.8. The summed E-state index contributed by atoms with van der Waals surface area (Å²) in [5.41, 5.74) is 6.78. The van der Waals surface area contributed by atoms with Gasteiger partial charge < -0.3 is 36.0 Å². The number of carboxylic acids is 1. The molecule has 3 aromatic rings. The number of imidazole rings is 1. The number of carbonyl (C=O) groups excluding carboxylic acids is 8. The number of benzene rings is 2. The Labute approximate surface area is 467 Å². The number of hydrogen-bond donors (Lipinski definition) is 5. The molecule has 7 atom stereocenters. The van der Waals surface area contributed by atoms with E-state index in [2.05, 4.69) is 10.6 Å². The van der Waals surface area contributed by atoms with Gasteiger partial charge in [-0.1, -0.05) is 90.6 Å². The van der Waals surface area contributed by atoms with Crippen LogP contribution in [0.4, 0.5) is 8.78 Å². The Balaban J connectivity index is 1.09. The fourth-order valence-corrected chi connectivity index (χ4v) is 10.8. The normalized spacial score (nSPS) is 17.3. The molecule has 2 aromatic carbocycles. The molecule has 0 spiro atoms. The van der Waals surface area contributed by atoms with Crippen LogP contribution in [0.25, 0.3) is 11.3 Å². The van der Waals surface area contributed by atoms with E-state index >= 15 is 4.39 Å². The number of ketones is 3. The quantitative estimate of drug-likeness (QED) is 0.0299. The Morgan fingerprint density at radius 3 is 2.17 bits per heavy atom. The number of imide groups is 1. The van der Waals surface area contributed by atoms with Gasteiger partial charge in [0, 0.05) is 81.1 Å². The molecule has 1 aromatic heterocycles. The van der Waals surface area contributed by atoms with E-state index in [4.69, 9.17) is 10.7 Å². The van der Waals surface area contributed by atoms with Crippen molar-refractivity contribution in [3.63, 3.8) is 0 Å². The largest absolute Gasteiger partial charge is 0.480 e. The van der Waals surface area contributed by atoms with Gasteiger partial charge in [0.2, 0.25) is 17.7 Å². The summed E-state index contributed by atoms with van der Waals surface area (Å²) in [6.45, 7) is 10.3. The minimum absolute atomic E-state index is 0.00233. The minimum atomic E-state index is -1.26. The van der Waals surface area contributed by atoms with Crippen molar-refractivity contribution < 1.29 is 62.1 Å². The second-order valence-corrected chi connectivity index (χ2v) is 22.9. The number of carboxylic acid groups (broad SMARTS) is 1. The maximum absolute atomic E-state index is 15.2. The topological polar surface area (TPSA) is 268 Å². The Morgan fingerprint density at radius 1 is 0.850 bits per heavy atom. The lowest BCUT2D eigenvalue weighted by atomic mass is 9.83. The molecule has 0 saturated heterocycles. The predicted octanol–water partition coefficient (Wildman–Crippen LogP) is 7.19. The lowest BCUT2D eigenvalue weighted by molar-refractivity contribution is -0.142. The van der Waals surface area contributed by atoms with Crippen LogP contribution in [-0.4, -0.2) is 120 Å². The molecule has 436 valence electrons. The van der Waals surface area contributed by atoms with Crippen molar-refractivity contribution in [2.24, 2.45) is 34.8 Å². The van der Waals surface area contributed by atoms with Gasteiger partial charge in [0.15, 0.2) is 0 Å². The standard InChI is InChI=1S/C60H81F2N7O11/c1-37(2)44(33-42(71)20-12-9-15-29-68-52(74)26-27-53(68)75)58(78)64-38(3)57(77)66-48(59(79)80)22-13-8-14-23-50(72)43-21-16-19-40(43)31-51(73)47(63)28-30-69(54(76)36-70)55(60(4,5)6)56-65-49(45-32-41(61)24-25-46(45)62)35-67(56)34-39-17-10-7-11-18-39/h7,10-11,17-18,24-27,32,35,37-38,40,43-44,47-48,55,70H,8-9,12-16,19-23,28-31,33-34,36,63H2,1-6H3,(H,64,78)(H,66,77)(H,79,80)/t38-,40+,43+,44-,47-,48-,55-/m0/s1. The SMILES string of the molecule is CC(C)[C@H](CC(=O)CCCCCN1C(=O)C=CC1=O)C(=O)N[C@@H](C)C(=O)N[C@@H](CCCCCC(=O)[C@@H]1CCC[C@@H]1CC(=O)[C@@H](N)CCN(C(=O)CO)[C@@H](c1nc(-c2cc(F)ccc2F)cn1Cc1ccccc1)C(C)(C)C)C(=O)O. The molecule has 1 aliphatic carbocycles. The van der Waals surface area contributed by atoms with Crippen molar-refractivity contribution in [1.29, 1.82) is 0 Å². The van der Waals surface area contributed by atoms with Crippen LogP contribution in [0.2, 0.25) is 0 Å². The first-order valence-electron chi connectivity index (χ1n) is 28.1. The number of hydrogen-bond acceptors (Lipinski definition) is 12. The maximum atomic E-state index is 15.2. The average molecular weight is 1110 g/mol. The third-order valence-electron chi connectivity index (χ3n) is 15.3. The summed E-state index contributed by atoms with van der Waals surface area (Å²) in [7, 11) is 0. The molecule has 0 radical (unpaired) electrons. The van der Waals surface area contributed by atoms with Crippen molar-refractivity contribution in [2.45, 2.75) is 169 Å². The van der Waals surface area contributed by atoms with Gasteiger partial charge in [-0.15, -0.1) is 0 Å². The van der Waals surface area contributed by atoms with Gasteiger partial charge in [-0.2, -0.15) is 0 Å². The molecule has 1 aliphatic heterocycles. The summed E-state index contributed by atoms with van der Waals surface area (Å²) in [4.78, 5) is 123. The second kappa shape index (κ2) is 30.1. The molecule has 6 N–H and O–H groups in total. The lowest BCUT2D eigenvalue weighted by Crippen LogP contribution is -2.51. The molecule has 5 amide bonds. The lowest BCUT2D eigenvalue weighted by Gasteiger charge is -2.40. The fraction of sp³-hybridized carbons (Fsp3) is 0.567. The van der Waals surface area contributed by atoms with Gasteiger partial charge >= 0.3 is 5.97 Å². The molecule has 0 bridgehead atoms. The third-order valence-corrected chi connectivity index (χ3v) is 15.3. The van der Waals surface area contributed by atoms with Crippen molar-refractivity contribution >= 4 is 52.9 Å². The van der Waals surface area contributed by atoms with Crippen LogP contribution in [0.5, 0.6) is 0 Å². The van der Waals surface area contributed by atoms with Crippen LogP contribution in [-0.2, 0) is 49.7 Å². The van der Waals surface area contributed by atoms with Gasteiger partial charge in [0.1, 0.15) is 53.5 Å². The van der Waals surface area contributed by atoms with Crippen molar-refractivity contribution in [2.75, 3.05) is 19.7 Å². The average Bonchev–Trinajstić information content (AvgIpc) is 4.19. The first-order valence-corrected chi connectivity index (χ1v) is 28.1. The van der Waals surface area contributed by atoms with Crippen LogP contribution in [0.1, 0.15) is 155 Å². The maximum Gasteiger partial charge on any atom is 0.326 e. The van der Waals surface area contributed by atoms with Crippen LogP contribution in [0.3, 0.4) is 0 Å². The molecule has 2 aliphatic rings. The molecule has 20 heteroatoms. The van der Waals surface area contributed by atoms with Crippen LogP contribution < -0.4 is 16.4 Å². The van der Waals surface area contributed by atoms with Gasteiger partial charge in [-0.25, -0.2) is 18.6 Å².